The van der Waals surface area contributed by atoms with Crippen LogP contribution < -0.4 is 10.6 Å². The highest BCUT2D eigenvalue weighted by Crippen LogP contribution is 2.29. The van der Waals surface area contributed by atoms with Crippen LogP contribution in [-0.2, 0) is 21.0 Å². The number of carbonyl (C=O) groups excluding carboxylic acids is 2. The first kappa shape index (κ1) is 22.4. The Morgan fingerprint density at radius 2 is 1.66 bits per heavy atom. The maximum atomic E-state index is 12.5. The molecule has 0 aliphatic rings. The molecule has 2 aromatic carbocycles. The summed E-state index contributed by atoms with van der Waals surface area (Å²) < 4.78 is 62.9. The molecule has 0 aromatic heterocycles. The van der Waals surface area contributed by atoms with Crippen molar-refractivity contribution in [3.05, 3.63) is 59.7 Å². The summed E-state index contributed by atoms with van der Waals surface area (Å²) in [6.45, 7) is -0.454. The summed E-state index contributed by atoms with van der Waals surface area (Å²) in [7, 11) is -0.934. The van der Waals surface area contributed by atoms with Crippen LogP contribution >= 0.6 is 0 Å². The predicted molar refractivity (Wildman–Crippen MR) is 99.7 cm³/mol. The second-order valence-corrected chi connectivity index (χ2v) is 8.27. The van der Waals surface area contributed by atoms with E-state index in [0.29, 0.717) is 0 Å². The lowest BCUT2D eigenvalue weighted by molar-refractivity contribution is -0.137. The molecule has 0 saturated carbocycles. The van der Waals surface area contributed by atoms with Gasteiger partial charge in [-0.15, -0.1) is 0 Å². The minimum atomic E-state index is -4.51. The Morgan fingerprint density at radius 3 is 2.21 bits per heavy atom. The average Bonchev–Trinajstić information content (AvgIpc) is 2.65. The lowest BCUT2D eigenvalue weighted by Crippen LogP contribution is -2.33. The summed E-state index contributed by atoms with van der Waals surface area (Å²) in [5.74, 6) is -1.36. The number of nitrogens with zero attached hydrogens (tertiary/aromatic N) is 1. The zero-order valence-corrected chi connectivity index (χ0v) is 16.3. The van der Waals surface area contributed by atoms with Gasteiger partial charge in [0.25, 0.3) is 5.91 Å². The molecule has 2 amide bonds. The van der Waals surface area contributed by atoms with Crippen molar-refractivity contribution in [2.75, 3.05) is 26.0 Å². The minimum Gasteiger partial charge on any atom is -0.343 e. The van der Waals surface area contributed by atoms with Crippen LogP contribution in [0.1, 0.15) is 15.9 Å². The van der Waals surface area contributed by atoms with E-state index in [0.717, 1.165) is 28.6 Å². The largest absolute Gasteiger partial charge is 0.416 e. The summed E-state index contributed by atoms with van der Waals surface area (Å²) in [4.78, 5) is 23.9. The molecule has 7 nitrogen and oxygen atoms in total. The number of nitrogens with one attached hydrogen (secondary N) is 2. The molecule has 0 saturated heterocycles. The molecule has 2 N–H and O–H groups in total. The van der Waals surface area contributed by atoms with Crippen LogP contribution in [-0.4, -0.2) is 45.2 Å². The standard InChI is InChI=1S/C18H18F3N3O4S/c1-24(2)29(27,28)15-5-3-4-14(10-15)23-16(25)11-22-17(26)12-6-8-13(9-7-12)18(19,20)21/h3-10H,11H2,1-2H3,(H,22,26)(H,23,25). The number of hydrogen-bond acceptors (Lipinski definition) is 4. The third-order valence-electron chi connectivity index (χ3n) is 3.78. The molecule has 0 radical (unpaired) electrons. The molecule has 0 aliphatic carbocycles. The Hall–Kier alpha value is -2.92. The van der Waals surface area contributed by atoms with Gasteiger partial charge in [0.1, 0.15) is 0 Å². The van der Waals surface area contributed by atoms with Crippen LogP contribution in [0.3, 0.4) is 0 Å². The van der Waals surface area contributed by atoms with E-state index in [4.69, 9.17) is 0 Å². The molecule has 0 bridgehead atoms. The summed E-state index contributed by atoms with van der Waals surface area (Å²) in [6.07, 6.45) is -4.51. The summed E-state index contributed by atoms with van der Waals surface area (Å²) >= 11 is 0. The highest BCUT2D eigenvalue weighted by atomic mass is 32.2. The Morgan fingerprint density at radius 1 is 1.03 bits per heavy atom. The van der Waals surface area contributed by atoms with Crippen molar-refractivity contribution in [2.24, 2.45) is 0 Å². The molecule has 0 unspecified atom stereocenters. The fraction of sp³-hybridized carbons (Fsp3) is 0.222. The number of sulfonamides is 1. The molecular formula is C18H18F3N3O4S. The van der Waals surface area contributed by atoms with Gasteiger partial charge in [0, 0.05) is 25.3 Å². The van der Waals surface area contributed by atoms with Crippen molar-refractivity contribution in [3.63, 3.8) is 0 Å². The van der Waals surface area contributed by atoms with E-state index in [1.807, 2.05) is 0 Å². The average molecular weight is 429 g/mol. The van der Waals surface area contributed by atoms with E-state index in [2.05, 4.69) is 10.6 Å². The first-order valence-electron chi connectivity index (χ1n) is 8.19. The molecule has 0 heterocycles. The Bertz CT molecular complexity index is 1000. The van der Waals surface area contributed by atoms with Gasteiger partial charge < -0.3 is 10.6 Å². The smallest absolute Gasteiger partial charge is 0.343 e. The van der Waals surface area contributed by atoms with Crippen LogP contribution in [0.5, 0.6) is 0 Å². The summed E-state index contributed by atoms with van der Waals surface area (Å²) in [6, 6.07) is 9.12. The molecule has 0 fully saturated rings. The Labute approximate surface area is 165 Å². The molecule has 0 atom stereocenters. The minimum absolute atomic E-state index is 0.0194. The van der Waals surface area contributed by atoms with E-state index >= 15 is 0 Å². The normalized spacial score (nSPS) is 11.9. The molecule has 2 rings (SSSR count). The summed E-state index contributed by atoms with van der Waals surface area (Å²) in [5, 5.41) is 4.73. The van der Waals surface area contributed by atoms with Crippen LogP contribution in [0.4, 0.5) is 18.9 Å². The molecule has 11 heteroatoms. The van der Waals surface area contributed by atoms with Gasteiger partial charge in [-0.3, -0.25) is 9.59 Å². The molecule has 0 aliphatic heterocycles. The zero-order valence-electron chi connectivity index (χ0n) is 15.4. The van der Waals surface area contributed by atoms with Crippen LogP contribution in [0, 0.1) is 0 Å². The monoisotopic (exact) mass is 429 g/mol. The second-order valence-electron chi connectivity index (χ2n) is 6.12. The summed E-state index contributed by atoms with van der Waals surface area (Å²) in [5.41, 5.74) is -0.717. The van der Waals surface area contributed by atoms with Gasteiger partial charge >= 0.3 is 6.18 Å². The molecular weight excluding hydrogens is 411 g/mol. The zero-order chi connectivity index (χ0) is 21.8. The molecule has 29 heavy (non-hydrogen) atoms. The number of rotatable bonds is 6. The van der Waals surface area contributed by atoms with Crippen LogP contribution in [0.15, 0.2) is 53.4 Å². The van der Waals surface area contributed by atoms with E-state index < -0.39 is 40.1 Å². The van der Waals surface area contributed by atoms with Crippen molar-refractivity contribution in [3.8, 4) is 0 Å². The first-order valence-corrected chi connectivity index (χ1v) is 9.63. The van der Waals surface area contributed by atoms with Gasteiger partial charge in [0.05, 0.1) is 17.0 Å². The van der Waals surface area contributed by atoms with Crippen molar-refractivity contribution in [1.82, 2.24) is 9.62 Å². The SMILES string of the molecule is CN(C)S(=O)(=O)c1cccc(NC(=O)CNC(=O)c2ccc(C(F)(F)F)cc2)c1. The maximum absolute atomic E-state index is 12.5. The number of anilines is 1. The van der Waals surface area contributed by atoms with Crippen LogP contribution in [0.2, 0.25) is 0 Å². The van der Waals surface area contributed by atoms with Gasteiger partial charge in [-0.05, 0) is 42.5 Å². The maximum Gasteiger partial charge on any atom is 0.416 e. The second kappa shape index (κ2) is 8.62. The van der Waals surface area contributed by atoms with Gasteiger partial charge in [0.2, 0.25) is 15.9 Å². The lowest BCUT2D eigenvalue weighted by Gasteiger charge is -2.13. The first-order chi connectivity index (χ1) is 13.4. The third-order valence-corrected chi connectivity index (χ3v) is 5.59. The fourth-order valence-electron chi connectivity index (χ4n) is 2.22. The highest BCUT2D eigenvalue weighted by Gasteiger charge is 2.30. The molecule has 2 aromatic rings. The van der Waals surface area contributed by atoms with Gasteiger partial charge in [-0.25, -0.2) is 12.7 Å². The lowest BCUT2D eigenvalue weighted by atomic mass is 10.1. The topological polar surface area (TPSA) is 95.6 Å². The van der Waals surface area contributed by atoms with Gasteiger partial charge in [0.15, 0.2) is 0 Å². The Kier molecular flexibility index (Phi) is 6.65. The third kappa shape index (κ3) is 5.78. The van der Waals surface area contributed by atoms with Crippen molar-refractivity contribution in [1.29, 1.82) is 0 Å². The Balaban J connectivity index is 1.97. The van der Waals surface area contributed by atoms with Crippen molar-refractivity contribution >= 4 is 27.5 Å². The van der Waals surface area contributed by atoms with Gasteiger partial charge in [-0.2, -0.15) is 13.2 Å². The number of benzene rings is 2. The number of halogens is 3. The fourth-order valence-corrected chi connectivity index (χ4v) is 3.17. The van der Waals surface area contributed by atoms with E-state index in [1.54, 1.807) is 0 Å². The van der Waals surface area contributed by atoms with E-state index in [-0.39, 0.29) is 16.1 Å². The quantitative estimate of drug-likeness (QED) is 0.737. The highest BCUT2D eigenvalue weighted by molar-refractivity contribution is 7.89. The van der Waals surface area contributed by atoms with E-state index in [1.165, 1.54) is 38.4 Å². The molecule has 0 spiro atoms. The molecule has 156 valence electrons. The number of hydrogen-bond donors (Lipinski definition) is 2. The number of alkyl halides is 3. The van der Waals surface area contributed by atoms with Crippen molar-refractivity contribution < 1.29 is 31.2 Å². The van der Waals surface area contributed by atoms with Crippen molar-refractivity contribution in [2.45, 2.75) is 11.1 Å². The predicted octanol–water partition coefficient (Wildman–Crippen LogP) is 2.32. The number of amides is 2. The number of carbonyl (C=O) groups is 2. The van der Waals surface area contributed by atoms with Crippen LogP contribution in [0.25, 0.3) is 0 Å². The van der Waals surface area contributed by atoms with Gasteiger partial charge in [-0.1, -0.05) is 6.07 Å². The van der Waals surface area contributed by atoms with E-state index in [9.17, 15) is 31.2 Å².